The lowest BCUT2D eigenvalue weighted by atomic mass is 10.1. The lowest BCUT2D eigenvalue weighted by molar-refractivity contribution is 0.346. The van der Waals surface area contributed by atoms with Crippen LogP contribution in [0.4, 0.5) is 0 Å². The average molecular weight is 279 g/mol. The van der Waals surface area contributed by atoms with Crippen LogP contribution in [0.25, 0.3) is 5.57 Å². The van der Waals surface area contributed by atoms with Crippen LogP contribution in [0.1, 0.15) is 31.9 Å². The highest BCUT2D eigenvalue weighted by Gasteiger charge is 2.18. The van der Waals surface area contributed by atoms with Gasteiger partial charge in [0.25, 0.3) is 5.88 Å². The fraction of sp³-hybridized carbons (Fsp3) is 0.571. The monoisotopic (exact) mass is 279 g/mol. The molecule has 4 nitrogen and oxygen atoms in total. The predicted octanol–water partition coefficient (Wildman–Crippen LogP) is 2.99. The van der Waals surface area contributed by atoms with E-state index in [2.05, 4.69) is 39.8 Å². The minimum atomic E-state index is 0.571. The SMILES string of the molecule is CCCC=CCOc1nsnc1C1=CCCN(C)C1. The van der Waals surface area contributed by atoms with Crippen molar-refractivity contribution in [1.82, 2.24) is 13.6 Å². The van der Waals surface area contributed by atoms with E-state index in [9.17, 15) is 0 Å². The molecule has 5 heteroatoms. The van der Waals surface area contributed by atoms with Crippen molar-refractivity contribution in [3.8, 4) is 5.88 Å². The van der Waals surface area contributed by atoms with Gasteiger partial charge in [-0.25, -0.2) is 0 Å². The van der Waals surface area contributed by atoms with Gasteiger partial charge in [-0.1, -0.05) is 31.6 Å². The molecule has 0 saturated heterocycles. The molecule has 1 aliphatic rings. The summed E-state index contributed by atoms with van der Waals surface area (Å²) < 4.78 is 14.3. The molecule has 0 aliphatic carbocycles. The molecule has 2 heterocycles. The molecule has 1 aromatic heterocycles. The molecule has 0 fully saturated rings. The first-order valence-corrected chi connectivity index (χ1v) is 7.52. The highest BCUT2D eigenvalue weighted by molar-refractivity contribution is 6.99. The van der Waals surface area contributed by atoms with Gasteiger partial charge in [0.15, 0.2) is 0 Å². The van der Waals surface area contributed by atoms with E-state index in [-0.39, 0.29) is 0 Å². The molecule has 19 heavy (non-hydrogen) atoms. The molecular weight excluding hydrogens is 258 g/mol. The van der Waals surface area contributed by atoms with Crippen molar-refractivity contribution >= 4 is 17.3 Å². The molecular formula is C14H21N3OS. The Bertz CT molecular complexity index is 453. The van der Waals surface area contributed by atoms with Gasteiger partial charge in [0.2, 0.25) is 0 Å². The van der Waals surface area contributed by atoms with Crippen molar-refractivity contribution in [2.75, 3.05) is 26.7 Å². The van der Waals surface area contributed by atoms with E-state index in [1.165, 1.54) is 23.7 Å². The summed E-state index contributed by atoms with van der Waals surface area (Å²) in [5, 5.41) is 0. The number of unbranched alkanes of at least 4 members (excludes halogenated alkanes) is 1. The van der Waals surface area contributed by atoms with E-state index < -0.39 is 0 Å². The predicted molar refractivity (Wildman–Crippen MR) is 79.5 cm³/mol. The summed E-state index contributed by atoms with van der Waals surface area (Å²) in [5.74, 6) is 0.674. The van der Waals surface area contributed by atoms with Crippen molar-refractivity contribution < 1.29 is 4.74 Å². The number of likely N-dealkylation sites (N-methyl/N-ethyl adjacent to an activating group) is 1. The van der Waals surface area contributed by atoms with E-state index in [1.54, 1.807) is 0 Å². The van der Waals surface area contributed by atoms with Gasteiger partial charge in [0, 0.05) is 13.1 Å². The molecule has 1 aliphatic heterocycles. The molecule has 104 valence electrons. The largest absolute Gasteiger partial charge is 0.471 e. The number of allylic oxidation sites excluding steroid dienone is 1. The van der Waals surface area contributed by atoms with Crippen LogP contribution in [0, 0.1) is 0 Å². The maximum Gasteiger partial charge on any atom is 0.253 e. The number of nitrogens with zero attached hydrogens (tertiary/aromatic N) is 3. The van der Waals surface area contributed by atoms with Gasteiger partial charge in [-0.15, -0.1) is 4.37 Å². The number of ether oxygens (including phenoxy) is 1. The van der Waals surface area contributed by atoms with E-state index in [1.807, 2.05) is 6.08 Å². The summed E-state index contributed by atoms with van der Waals surface area (Å²) in [5.41, 5.74) is 2.15. The van der Waals surface area contributed by atoms with Crippen molar-refractivity contribution in [1.29, 1.82) is 0 Å². The summed E-state index contributed by atoms with van der Waals surface area (Å²) in [7, 11) is 2.13. The maximum atomic E-state index is 5.70. The Labute approximate surface area is 119 Å². The Hall–Kier alpha value is -1.20. The van der Waals surface area contributed by atoms with Gasteiger partial charge >= 0.3 is 0 Å². The molecule has 2 rings (SSSR count). The first-order valence-electron chi connectivity index (χ1n) is 6.79. The third-order valence-electron chi connectivity index (χ3n) is 3.04. The highest BCUT2D eigenvalue weighted by Crippen LogP contribution is 2.26. The topological polar surface area (TPSA) is 38.3 Å². The summed E-state index contributed by atoms with van der Waals surface area (Å²) in [6, 6.07) is 0. The van der Waals surface area contributed by atoms with Crippen molar-refractivity contribution in [2.45, 2.75) is 26.2 Å². The zero-order chi connectivity index (χ0) is 13.5. The van der Waals surface area contributed by atoms with Crippen LogP contribution in [0.2, 0.25) is 0 Å². The van der Waals surface area contributed by atoms with Crippen LogP contribution >= 0.6 is 11.7 Å². The van der Waals surface area contributed by atoms with Crippen molar-refractivity contribution in [3.63, 3.8) is 0 Å². The minimum Gasteiger partial charge on any atom is -0.471 e. The normalized spacial score (nSPS) is 16.8. The van der Waals surface area contributed by atoms with Gasteiger partial charge < -0.3 is 9.64 Å². The minimum absolute atomic E-state index is 0.571. The van der Waals surface area contributed by atoms with Gasteiger partial charge in [-0.2, -0.15) is 4.37 Å². The van der Waals surface area contributed by atoms with Gasteiger partial charge in [-0.3, -0.25) is 0 Å². The number of rotatable bonds is 6. The van der Waals surface area contributed by atoms with Crippen LogP contribution in [0.5, 0.6) is 5.88 Å². The van der Waals surface area contributed by atoms with Crippen LogP contribution in [-0.2, 0) is 0 Å². The van der Waals surface area contributed by atoms with Crippen molar-refractivity contribution in [2.24, 2.45) is 0 Å². The summed E-state index contributed by atoms with van der Waals surface area (Å²) in [6.07, 6.45) is 9.78. The van der Waals surface area contributed by atoms with E-state index >= 15 is 0 Å². The highest BCUT2D eigenvalue weighted by atomic mass is 32.1. The van der Waals surface area contributed by atoms with Gasteiger partial charge in [-0.05, 0) is 25.5 Å². The fourth-order valence-electron chi connectivity index (χ4n) is 2.02. The Morgan fingerprint density at radius 1 is 1.42 bits per heavy atom. The third kappa shape index (κ3) is 4.14. The first kappa shape index (κ1) is 14.2. The molecule has 0 aromatic carbocycles. The number of hydrogen-bond acceptors (Lipinski definition) is 5. The smallest absolute Gasteiger partial charge is 0.253 e. The Balaban J connectivity index is 1.96. The summed E-state index contributed by atoms with van der Waals surface area (Å²) in [4.78, 5) is 2.29. The molecule has 0 spiro atoms. The lowest BCUT2D eigenvalue weighted by Crippen LogP contribution is -2.25. The summed E-state index contributed by atoms with van der Waals surface area (Å²) in [6.45, 7) is 4.77. The Morgan fingerprint density at radius 2 is 2.32 bits per heavy atom. The Morgan fingerprint density at radius 3 is 3.11 bits per heavy atom. The molecule has 0 atom stereocenters. The second-order valence-corrected chi connectivity index (χ2v) is 5.27. The van der Waals surface area contributed by atoms with E-state index in [4.69, 9.17) is 4.74 Å². The fourth-order valence-corrected chi connectivity index (χ4v) is 2.55. The lowest BCUT2D eigenvalue weighted by Gasteiger charge is -2.21. The molecule has 0 radical (unpaired) electrons. The molecule has 0 unspecified atom stereocenters. The second-order valence-electron chi connectivity index (χ2n) is 4.74. The summed E-state index contributed by atoms with van der Waals surface area (Å²) >= 11 is 1.22. The van der Waals surface area contributed by atoms with Crippen LogP contribution in [-0.4, -0.2) is 40.4 Å². The zero-order valence-electron chi connectivity index (χ0n) is 11.6. The molecule has 0 amide bonds. The second kappa shape index (κ2) is 7.40. The quantitative estimate of drug-likeness (QED) is 0.750. The van der Waals surface area contributed by atoms with E-state index in [0.29, 0.717) is 12.5 Å². The van der Waals surface area contributed by atoms with Gasteiger partial charge in [0.05, 0.1) is 11.7 Å². The first-order chi connectivity index (χ1) is 9.31. The van der Waals surface area contributed by atoms with E-state index in [0.717, 1.165) is 31.6 Å². The van der Waals surface area contributed by atoms with Crippen LogP contribution in [0.3, 0.4) is 0 Å². The number of hydrogen-bond donors (Lipinski definition) is 0. The molecule has 0 N–H and O–H groups in total. The molecule has 0 bridgehead atoms. The molecule has 1 aromatic rings. The Kier molecular flexibility index (Phi) is 5.54. The third-order valence-corrected chi connectivity index (χ3v) is 3.55. The zero-order valence-corrected chi connectivity index (χ0v) is 12.4. The van der Waals surface area contributed by atoms with Crippen LogP contribution < -0.4 is 4.74 Å². The average Bonchev–Trinajstić information content (AvgIpc) is 2.87. The standard InChI is InChI=1S/C14H21N3OS/c1-3-4-5-6-10-18-14-13(15-19-16-14)12-8-7-9-17(2)11-12/h5-6,8H,3-4,7,9-11H2,1-2H3. The van der Waals surface area contributed by atoms with Crippen LogP contribution in [0.15, 0.2) is 18.2 Å². The van der Waals surface area contributed by atoms with Crippen molar-refractivity contribution in [3.05, 3.63) is 23.9 Å². The number of aromatic nitrogens is 2. The molecule has 0 saturated carbocycles. The maximum absolute atomic E-state index is 5.70. The van der Waals surface area contributed by atoms with Gasteiger partial charge in [0.1, 0.15) is 12.3 Å².